The quantitative estimate of drug-likeness (QED) is 0.699. The number of anilines is 1. The molecular weight excluding hydrogens is 415 g/mol. The van der Waals surface area contributed by atoms with E-state index in [1.807, 2.05) is 0 Å². The minimum atomic E-state index is -3.98. The van der Waals surface area contributed by atoms with Gasteiger partial charge in [-0.05, 0) is 37.3 Å². The molecule has 2 rings (SSSR count). The number of hydrogen-bond donors (Lipinski definition) is 2. The highest BCUT2D eigenvalue weighted by Crippen LogP contribution is 2.29. The maximum atomic E-state index is 12.6. The van der Waals surface area contributed by atoms with Crippen molar-refractivity contribution in [2.45, 2.75) is 17.9 Å². The molecule has 2 aromatic carbocycles. The molecule has 0 fully saturated rings. The minimum Gasteiger partial charge on any atom is -0.493 e. The van der Waals surface area contributed by atoms with E-state index in [0.29, 0.717) is 10.8 Å². The van der Waals surface area contributed by atoms with E-state index < -0.39 is 22.0 Å². The molecule has 0 unspecified atom stereocenters. The van der Waals surface area contributed by atoms with Gasteiger partial charge in [-0.2, -0.15) is 4.72 Å². The van der Waals surface area contributed by atoms with Crippen LogP contribution in [-0.4, -0.2) is 34.6 Å². The lowest BCUT2D eigenvalue weighted by atomic mass is 10.3. The van der Waals surface area contributed by atoms with E-state index >= 15 is 0 Å². The maximum Gasteiger partial charge on any atom is 0.242 e. The Morgan fingerprint density at radius 2 is 1.70 bits per heavy atom. The van der Waals surface area contributed by atoms with Crippen LogP contribution in [0.25, 0.3) is 0 Å². The number of rotatable bonds is 7. The molecule has 0 saturated carbocycles. The van der Waals surface area contributed by atoms with E-state index in [4.69, 9.17) is 32.7 Å². The van der Waals surface area contributed by atoms with Gasteiger partial charge in [-0.3, -0.25) is 4.79 Å². The van der Waals surface area contributed by atoms with Gasteiger partial charge >= 0.3 is 0 Å². The van der Waals surface area contributed by atoms with Crippen LogP contribution in [0.5, 0.6) is 11.5 Å². The zero-order valence-electron chi connectivity index (χ0n) is 14.7. The summed E-state index contributed by atoms with van der Waals surface area (Å²) in [5.74, 6) is 0.0456. The maximum absolute atomic E-state index is 12.6. The number of hydrogen-bond acceptors (Lipinski definition) is 5. The van der Waals surface area contributed by atoms with E-state index in [9.17, 15) is 13.2 Å². The average Bonchev–Trinajstić information content (AvgIpc) is 2.63. The molecule has 0 bridgehead atoms. The molecule has 0 heterocycles. The fourth-order valence-electron chi connectivity index (χ4n) is 2.17. The van der Waals surface area contributed by atoms with Crippen molar-refractivity contribution in [1.82, 2.24) is 4.72 Å². The number of sulfonamides is 1. The van der Waals surface area contributed by atoms with Crippen molar-refractivity contribution in [2.24, 2.45) is 0 Å². The van der Waals surface area contributed by atoms with Gasteiger partial charge in [-0.1, -0.05) is 23.2 Å². The summed E-state index contributed by atoms with van der Waals surface area (Å²) >= 11 is 11.9. The molecule has 0 aromatic heterocycles. The highest BCUT2D eigenvalue weighted by atomic mass is 35.5. The van der Waals surface area contributed by atoms with Gasteiger partial charge in [0.2, 0.25) is 15.9 Å². The number of methoxy groups -OCH3 is 2. The molecule has 2 N–H and O–H groups in total. The van der Waals surface area contributed by atoms with Crippen LogP contribution in [0.4, 0.5) is 5.69 Å². The van der Waals surface area contributed by atoms with Gasteiger partial charge in [-0.25, -0.2) is 8.42 Å². The fraction of sp³-hybridized carbons (Fsp3) is 0.235. The molecule has 10 heteroatoms. The lowest BCUT2D eigenvalue weighted by molar-refractivity contribution is -0.117. The predicted octanol–water partition coefficient (Wildman–Crippen LogP) is 3.32. The van der Waals surface area contributed by atoms with Crippen LogP contribution >= 0.6 is 23.2 Å². The minimum absolute atomic E-state index is 0.0689. The monoisotopic (exact) mass is 432 g/mol. The molecule has 2 aromatic rings. The van der Waals surface area contributed by atoms with Crippen molar-refractivity contribution in [1.29, 1.82) is 0 Å². The number of nitrogens with one attached hydrogen (secondary N) is 2. The molecule has 0 spiro atoms. The van der Waals surface area contributed by atoms with E-state index in [1.54, 1.807) is 6.07 Å². The summed E-state index contributed by atoms with van der Waals surface area (Å²) in [5, 5.41) is 3.20. The average molecular weight is 433 g/mol. The van der Waals surface area contributed by atoms with Gasteiger partial charge in [0.25, 0.3) is 0 Å². The van der Waals surface area contributed by atoms with E-state index in [-0.39, 0.29) is 21.4 Å². The zero-order chi connectivity index (χ0) is 20.2. The Morgan fingerprint density at radius 3 is 2.33 bits per heavy atom. The van der Waals surface area contributed by atoms with E-state index in [0.717, 1.165) is 0 Å². The Bertz CT molecular complexity index is 950. The summed E-state index contributed by atoms with van der Waals surface area (Å²) in [5.41, 5.74) is 0.284. The molecular formula is C17H18Cl2N2O5S. The molecule has 146 valence electrons. The van der Waals surface area contributed by atoms with Crippen molar-refractivity contribution in [3.05, 3.63) is 46.4 Å². The van der Waals surface area contributed by atoms with Gasteiger partial charge in [0, 0.05) is 11.1 Å². The second-order valence-electron chi connectivity index (χ2n) is 5.47. The highest BCUT2D eigenvalue weighted by molar-refractivity contribution is 7.89. The summed E-state index contributed by atoms with van der Waals surface area (Å²) in [6.45, 7) is 1.41. The molecule has 27 heavy (non-hydrogen) atoms. The topological polar surface area (TPSA) is 93.7 Å². The molecule has 0 aliphatic carbocycles. The summed E-state index contributed by atoms with van der Waals surface area (Å²) in [4.78, 5) is 12.3. The number of carbonyl (C=O) groups excluding carboxylic acids is 1. The van der Waals surface area contributed by atoms with E-state index in [2.05, 4.69) is 10.0 Å². The standard InChI is InChI=1S/C17H18Cl2N2O5S/c1-10(17(22)20-14-8-11(18)4-6-13(14)19)21-27(23,24)12-5-7-15(25-2)16(9-12)26-3/h4-10,21H,1-3H3,(H,20,22)/t10-/m0/s1. The fourth-order valence-corrected chi connectivity index (χ4v) is 3.73. The van der Waals surface area contributed by atoms with Gasteiger partial charge in [0.1, 0.15) is 0 Å². The second-order valence-corrected chi connectivity index (χ2v) is 8.03. The van der Waals surface area contributed by atoms with Crippen LogP contribution in [0.15, 0.2) is 41.3 Å². The van der Waals surface area contributed by atoms with Crippen LogP contribution < -0.4 is 19.5 Å². The Morgan fingerprint density at radius 1 is 1.04 bits per heavy atom. The van der Waals surface area contributed by atoms with Crippen molar-refractivity contribution in [2.75, 3.05) is 19.5 Å². The van der Waals surface area contributed by atoms with Crippen LogP contribution in [0.1, 0.15) is 6.92 Å². The Kier molecular flexibility index (Phi) is 6.94. The first-order chi connectivity index (χ1) is 12.7. The molecule has 0 aliphatic heterocycles. The van der Waals surface area contributed by atoms with Crippen LogP contribution in [0.3, 0.4) is 0 Å². The van der Waals surface area contributed by atoms with Crippen LogP contribution in [-0.2, 0) is 14.8 Å². The van der Waals surface area contributed by atoms with E-state index in [1.165, 1.54) is 51.5 Å². The molecule has 7 nitrogen and oxygen atoms in total. The van der Waals surface area contributed by atoms with Gasteiger partial charge in [-0.15, -0.1) is 0 Å². The Hall–Kier alpha value is -2.00. The zero-order valence-corrected chi connectivity index (χ0v) is 17.1. The van der Waals surface area contributed by atoms with Crippen molar-refractivity contribution in [3.8, 4) is 11.5 Å². The second kappa shape index (κ2) is 8.79. The lowest BCUT2D eigenvalue weighted by Crippen LogP contribution is -2.41. The Balaban J connectivity index is 2.17. The number of carbonyl (C=O) groups is 1. The smallest absolute Gasteiger partial charge is 0.242 e. The molecule has 0 saturated heterocycles. The number of amides is 1. The lowest BCUT2D eigenvalue weighted by Gasteiger charge is -2.16. The summed E-state index contributed by atoms with van der Waals surface area (Å²) in [7, 11) is -1.14. The molecule has 0 radical (unpaired) electrons. The molecule has 0 aliphatic rings. The molecule has 1 amide bonds. The third-order valence-corrected chi connectivity index (χ3v) is 5.68. The van der Waals surface area contributed by atoms with Crippen molar-refractivity contribution < 1.29 is 22.7 Å². The van der Waals surface area contributed by atoms with Gasteiger partial charge in [0.15, 0.2) is 11.5 Å². The van der Waals surface area contributed by atoms with Gasteiger partial charge in [0.05, 0.1) is 35.9 Å². The number of halogens is 2. The van der Waals surface area contributed by atoms with Crippen LogP contribution in [0.2, 0.25) is 10.0 Å². The SMILES string of the molecule is COc1ccc(S(=O)(=O)N[C@@H](C)C(=O)Nc2cc(Cl)ccc2Cl)cc1OC. The third kappa shape index (κ3) is 5.26. The first-order valence-electron chi connectivity index (χ1n) is 7.68. The highest BCUT2D eigenvalue weighted by Gasteiger charge is 2.24. The first-order valence-corrected chi connectivity index (χ1v) is 9.92. The third-order valence-electron chi connectivity index (χ3n) is 3.58. The number of benzene rings is 2. The van der Waals surface area contributed by atoms with Gasteiger partial charge < -0.3 is 14.8 Å². The normalized spacial score (nSPS) is 12.3. The predicted molar refractivity (Wildman–Crippen MR) is 104 cm³/mol. The number of ether oxygens (including phenoxy) is 2. The largest absolute Gasteiger partial charge is 0.493 e. The molecule has 1 atom stereocenters. The summed E-state index contributed by atoms with van der Waals surface area (Å²) in [6.07, 6.45) is 0. The summed E-state index contributed by atoms with van der Waals surface area (Å²) in [6, 6.07) is 7.61. The van der Waals surface area contributed by atoms with Crippen LogP contribution in [0, 0.1) is 0 Å². The first kappa shape index (κ1) is 21.3. The van der Waals surface area contributed by atoms with Crippen molar-refractivity contribution in [3.63, 3.8) is 0 Å². The Labute approximate surface area is 167 Å². The van der Waals surface area contributed by atoms with Crippen molar-refractivity contribution >= 4 is 44.8 Å². The summed E-state index contributed by atoms with van der Waals surface area (Å²) < 4.78 is 37.6.